The molecule has 1 amide bonds. The van der Waals surface area contributed by atoms with Crippen LogP contribution in [0.3, 0.4) is 0 Å². The van der Waals surface area contributed by atoms with Crippen LogP contribution in [-0.4, -0.2) is 31.5 Å². The lowest BCUT2D eigenvalue weighted by Gasteiger charge is -2.19. The van der Waals surface area contributed by atoms with Crippen LogP contribution in [0.4, 0.5) is 0 Å². The highest BCUT2D eigenvalue weighted by Gasteiger charge is 2.11. The van der Waals surface area contributed by atoms with Gasteiger partial charge in [-0.25, -0.2) is 0 Å². The second-order valence-corrected chi connectivity index (χ2v) is 5.72. The van der Waals surface area contributed by atoms with Gasteiger partial charge in [-0.2, -0.15) is 0 Å². The van der Waals surface area contributed by atoms with Gasteiger partial charge in [-0.3, -0.25) is 9.69 Å². The first-order chi connectivity index (χ1) is 11.1. The van der Waals surface area contributed by atoms with Gasteiger partial charge >= 0.3 is 0 Å². The summed E-state index contributed by atoms with van der Waals surface area (Å²) in [4.78, 5) is 14.1. The summed E-state index contributed by atoms with van der Waals surface area (Å²) in [5.74, 6) is 0.864. The third-order valence-electron chi connectivity index (χ3n) is 3.70. The fraction of sp³-hybridized carbons (Fsp3) is 0.316. The minimum atomic E-state index is 0.0121. The van der Waals surface area contributed by atoms with Crippen molar-refractivity contribution in [2.75, 3.05) is 20.7 Å². The van der Waals surface area contributed by atoms with Gasteiger partial charge in [0.05, 0.1) is 19.7 Å². The molecular formula is C19H24N2O2. The molecule has 122 valence electrons. The van der Waals surface area contributed by atoms with Crippen molar-refractivity contribution in [2.45, 2.75) is 19.5 Å². The van der Waals surface area contributed by atoms with Crippen LogP contribution in [0.15, 0.2) is 54.6 Å². The fourth-order valence-corrected chi connectivity index (χ4v) is 2.46. The van der Waals surface area contributed by atoms with Gasteiger partial charge in [-0.05, 0) is 37.2 Å². The van der Waals surface area contributed by atoms with Gasteiger partial charge in [0.15, 0.2) is 0 Å². The third kappa shape index (κ3) is 5.42. The standard InChI is InChI=1S/C19H24N2O2/c1-15(17-7-5-4-6-8-17)20-19(22)14-21(2)13-16-9-11-18(23-3)12-10-16/h4-12,15H,13-14H2,1-3H3,(H,20,22). The molecule has 23 heavy (non-hydrogen) atoms. The van der Waals surface area contributed by atoms with Crippen molar-refractivity contribution in [2.24, 2.45) is 0 Å². The first-order valence-corrected chi connectivity index (χ1v) is 7.74. The van der Waals surface area contributed by atoms with E-state index in [9.17, 15) is 4.79 Å². The largest absolute Gasteiger partial charge is 0.497 e. The van der Waals surface area contributed by atoms with E-state index >= 15 is 0 Å². The van der Waals surface area contributed by atoms with E-state index in [0.717, 1.165) is 23.4 Å². The summed E-state index contributed by atoms with van der Waals surface area (Å²) in [6.45, 7) is 3.08. The molecule has 4 heteroatoms. The molecule has 0 aliphatic heterocycles. The van der Waals surface area contributed by atoms with E-state index in [-0.39, 0.29) is 11.9 Å². The van der Waals surface area contributed by atoms with Crippen LogP contribution >= 0.6 is 0 Å². The first-order valence-electron chi connectivity index (χ1n) is 7.74. The Kier molecular flexibility index (Phi) is 6.18. The summed E-state index contributed by atoms with van der Waals surface area (Å²) in [6, 6.07) is 17.9. The lowest BCUT2D eigenvalue weighted by atomic mass is 10.1. The highest BCUT2D eigenvalue weighted by Crippen LogP contribution is 2.13. The van der Waals surface area contributed by atoms with Crippen LogP contribution in [0.25, 0.3) is 0 Å². The van der Waals surface area contributed by atoms with Gasteiger partial charge in [0.2, 0.25) is 5.91 Å². The lowest BCUT2D eigenvalue weighted by Crippen LogP contribution is -2.36. The fourth-order valence-electron chi connectivity index (χ4n) is 2.46. The molecule has 0 aliphatic carbocycles. The van der Waals surface area contributed by atoms with Gasteiger partial charge in [0.25, 0.3) is 0 Å². The number of nitrogens with one attached hydrogen (secondary N) is 1. The number of benzene rings is 2. The topological polar surface area (TPSA) is 41.6 Å². The van der Waals surface area contributed by atoms with Crippen molar-refractivity contribution in [3.63, 3.8) is 0 Å². The first kappa shape index (κ1) is 17.0. The number of hydrogen-bond acceptors (Lipinski definition) is 3. The van der Waals surface area contributed by atoms with Gasteiger partial charge in [0, 0.05) is 6.54 Å². The minimum absolute atomic E-state index is 0.0121. The van der Waals surface area contributed by atoms with E-state index in [4.69, 9.17) is 4.74 Å². The molecule has 0 radical (unpaired) electrons. The predicted molar refractivity (Wildman–Crippen MR) is 92.3 cm³/mol. The number of carbonyl (C=O) groups excluding carboxylic acids is 1. The summed E-state index contributed by atoms with van der Waals surface area (Å²) in [6.07, 6.45) is 0. The minimum Gasteiger partial charge on any atom is -0.497 e. The van der Waals surface area contributed by atoms with Crippen molar-refractivity contribution in [3.05, 3.63) is 65.7 Å². The van der Waals surface area contributed by atoms with Crippen LogP contribution < -0.4 is 10.1 Å². The van der Waals surface area contributed by atoms with Crippen LogP contribution in [0, 0.1) is 0 Å². The van der Waals surface area contributed by atoms with E-state index < -0.39 is 0 Å². The number of hydrogen-bond donors (Lipinski definition) is 1. The average molecular weight is 312 g/mol. The van der Waals surface area contributed by atoms with Crippen molar-refractivity contribution >= 4 is 5.91 Å². The maximum atomic E-state index is 12.2. The second-order valence-electron chi connectivity index (χ2n) is 5.72. The average Bonchev–Trinajstić information content (AvgIpc) is 2.56. The summed E-state index contributed by atoms with van der Waals surface area (Å²) in [7, 11) is 3.59. The van der Waals surface area contributed by atoms with Gasteiger partial charge in [-0.1, -0.05) is 42.5 Å². The normalized spacial score (nSPS) is 12.0. The van der Waals surface area contributed by atoms with Crippen LogP contribution in [0.2, 0.25) is 0 Å². The molecule has 1 atom stereocenters. The number of methoxy groups -OCH3 is 1. The van der Waals surface area contributed by atoms with Gasteiger partial charge < -0.3 is 10.1 Å². The molecule has 0 spiro atoms. The Morgan fingerprint density at radius 1 is 1.13 bits per heavy atom. The zero-order valence-corrected chi connectivity index (χ0v) is 14.0. The quantitative estimate of drug-likeness (QED) is 0.854. The van der Waals surface area contributed by atoms with Crippen LogP contribution in [0.5, 0.6) is 5.75 Å². The molecule has 2 aromatic carbocycles. The number of carbonyl (C=O) groups is 1. The second kappa shape index (κ2) is 8.34. The third-order valence-corrected chi connectivity index (χ3v) is 3.70. The molecule has 0 bridgehead atoms. The summed E-state index contributed by atoms with van der Waals surface area (Å²) in [5.41, 5.74) is 2.26. The molecule has 0 saturated carbocycles. The highest BCUT2D eigenvalue weighted by molar-refractivity contribution is 5.78. The van der Waals surface area contributed by atoms with Crippen molar-refractivity contribution < 1.29 is 9.53 Å². The monoisotopic (exact) mass is 312 g/mol. The Bertz CT molecular complexity index is 611. The van der Waals surface area contributed by atoms with Crippen LogP contribution in [0.1, 0.15) is 24.1 Å². The molecule has 1 unspecified atom stereocenters. The highest BCUT2D eigenvalue weighted by atomic mass is 16.5. The molecule has 1 N–H and O–H groups in total. The zero-order valence-electron chi connectivity index (χ0n) is 14.0. The predicted octanol–water partition coefficient (Wildman–Crippen LogP) is 3.00. The van der Waals surface area contributed by atoms with Crippen molar-refractivity contribution in [1.29, 1.82) is 0 Å². The number of ether oxygens (including phenoxy) is 1. The molecular weight excluding hydrogens is 288 g/mol. The molecule has 2 aromatic rings. The zero-order chi connectivity index (χ0) is 16.7. The molecule has 0 aromatic heterocycles. The molecule has 0 fully saturated rings. The molecule has 4 nitrogen and oxygen atoms in total. The van der Waals surface area contributed by atoms with Crippen molar-refractivity contribution in [1.82, 2.24) is 10.2 Å². The SMILES string of the molecule is COc1ccc(CN(C)CC(=O)NC(C)c2ccccc2)cc1. The van der Waals surface area contributed by atoms with E-state index in [1.807, 2.05) is 73.5 Å². The Morgan fingerprint density at radius 3 is 2.39 bits per heavy atom. The Morgan fingerprint density at radius 2 is 1.78 bits per heavy atom. The van der Waals surface area contributed by atoms with Gasteiger partial charge in [-0.15, -0.1) is 0 Å². The van der Waals surface area contributed by atoms with E-state index in [1.54, 1.807) is 7.11 Å². The number of likely N-dealkylation sites (N-methyl/N-ethyl adjacent to an activating group) is 1. The Labute approximate surface area is 138 Å². The molecule has 0 saturated heterocycles. The maximum absolute atomic E-state index is 12.2. The number of nitrogens with zero attached hydrogens (tertiary/aromatic N) is 1. The smallest absolute Gasteiger partial charge is 0.234 e. The Hall–Kier alpha value is -2.33. The van der Waals surface area contributed by atoms with E-state index in [1.165, 1.54) is 0 Å². The summed E-state index contributed by atoms with van der Waals surface area (Å²) >= 11 is 0. The van der Waals surface area contributed by atoms with Gasteiger partial charge in [0.1, 0.15) is 5.75 Å². The van der Waals surface area contributed by atoms with E-state index in [2.05, 4.69) is 5.32 Å². The number of rotatable bonds is 7. The Balaban J connectivity index is 1.82. The molecule has 0 aliphatic rings. The maximum Gasteiger partial charge on any atom is 0.234 e. The van der Waals surface area contributed by atoms with E-state index in [0.29, 0.717) is 6.54 Å². The lowest BCUT2D eigenvalue weighted by molar-refractivity contribution is -0.122. The van der Waals surface area contributed by atoms with Crippen LogP contribution in [-0.2, 0) is 11.3 Å². The molecule has 2 rings (SSSR count). The summed E-state index contributed by atoms with van der Waals surface area (Å²) < 4.78 is 5.15. The number of amides is 1. The molecule has 0 heterocycles. The van der Waals surface area contributed by atoms with Crippen molar-refractivity contribution in [3.8, 4) is 5.75 Å². The summed E-state index contributed by atoms with van der Waals surface area (Å²) in [5, 5.41) is 3.03.